The molecule has 2 fully saturated rings. The van der Waals surface area contributed by atoms with Gasteiger partial charge in [-0.1, -0.05) is 12.8 Å². The largest absolute Gasteiger partial charge is 0.353 e. The number of imidazole rings is 1. The molecule has 2 aliphatic rings. The van der Waals surface area contributed by atoms with Gasteiger partial charge in [-0.05, 0) is 50.0 Å². The van der Waals surface area contributed by atoms with Crippen molar-refractivity contribution in [3.05, 3.63) is 11.9 Å². The third kappa shape index (κ3) is 3.47. The number of aryl methyl sites for hydroxylation is 1. The molecule has 0 aromatic carbocycles. The van der Waals surface area contributed by atoms with E-state index >= 15 is 0 Å². The van der Waals surface area contributed by atoms with E-state index in [1.165, 1.54) is 50.0 Å². The van der Waals surface area contributed by atoms with E-state index in [9.17, 15) is 0 Å². The van der Waals surface area contributed by atoms with E-state index in [1.54, 1.807) is 0 Å². The zero-order valence-electron chi connectivity index (χ0n) is 11.9. The zero-order chi connectivity index (χ0) is 13.1. The molecule has 0 spiro atoms. The second-order valence-corrected chi connectivity index (χ2v) is 7.26. The van der Waals surface area contributed by atoms with Gasteiger partial charge in [0.15, 0.2) is 0 Å². The lowest BCUT2D eigenvalue weighted by molar-refractivity contribution is 0.418. The summed E-state index contributed by atoms with van der Waals surface area (Å²) in [4.78, 5) is 4.69. The van der Waals surface area contributed by atoms with Crippen molar-refractivity contribution in [2.45, 2.75) is 58.0 Å². The van der Waals surface area contributed by atoms with E-state index in [0.717, 1.165) is 24.1 Å². The van der Waals surface area contributed by atoms with E-state index in [2.05, 4.69) is 39.8 Å². The zero-order valence-corrected chi connectivity index (χ0v) is 12.7. The highest BCUT2D eigenvalue weighted by Crippen LogP contribution is 2.27. The van der Waals surface area contributed by atoms with Gasteiger partial charge in [-0.25, -0.2) is 4.98 Å². The molecule has 0 atom stereocenters. The van der Waals surface area contributed by atoms with Gasteiger partial charge in [-0.2, -0.15) is 11.8 Å². The molecule has 3 rings (SSSR count). The average molecular weight is 279 g/mol. The lowest BCUT2D eigenvalue weighted by Crippen LogP contribution is -2.21. The molecule has 1 aliphatic heterocycles. The minimum absolute atomic E-state index is 0.655. The predicted molar refractivity (Wildman–Crippen MR) is 82.9 cm³/mol. The molecule has 1 aromatic rings. The summed E-state index contributed by atoms with van der Waals surface area (Å²) in [5.41, 5.74) is 1.14. The summed E-state index contributed by atoms with van der Waals surface area (Å²) >= 11 is 2.10. The molecule has 0 unspecified atom stereocenters. The fourth-order valence-electron chi connectivity index (χ4n) is 3.26. The van der Waals surface area contributed by atoms with Gasteiger partial charge in [-0.3, -0.25) is 0 Å². The van der Waals surface area contributed by atoms with Gasteiger partial charge < -0.3 is 9.88 Å². The molecule has 4 heteroatoms. The molecule has 1 saturated carbocycles. The van der Waals surface area contributed by atoms with Gasteiger partial charge in [0.2, 0.25) is 5.95 Å². The fourth-order valence-corrected chi connectivity index (χ4v) is 4.47. The first-order valence-electron chi connectivity index (χ1n) is 7.69. The third-order valence-corrected chi connectivity index (χ3v) is 5.43. The van der Waals surface area contributed by atoms with Crippen molar-refractivity contribution in [1.29, 1.82) is 0 Å². The number of thioether (sulfide) groups is 1. The molecular weight excluding hydrogens is 254 g/mol. The number of nitrogens with one attached hydrogen (secondary N) is 1. The molecule has 1 saturated heterocycles. The van der Waals surface area contributed by atoms with E-state index in [1.807, 2.05) is 0 Å². The van der Waals surface area contributed by atoms with Gasteiger partial charge in [0.25, 0.3) is 0 Å². The Bertz CT molecular complexity index is 404. The Labute approximate surface area is 120 Å². The van der Waals surface area contributed by atoms with Crippen molar-refractivity contribution in [2.75, 3.05) is 16.8 Å². The highest BCUT2D eigenvalue weighted by Gasteiger charge is 2.19. The number of nitrogens with zero attached hydrogens (tertiary/aromatic N) is 2. The van der Waals surface area contributed by atoms with Gasteiger partial charge in [-0.15, -0.1) is 0 Å². The van der Waals surface area contributed by atoms with Crippen molar-refractivity contribution in [3.8, 4) is 0 Å². The van der Waals surface area contributed by atoms with E-state index < -0.39 is 0 Å². The van der Waals surface area contributed by atoms with Gasteiger partial charge >= 0.3 is 0 Å². The normalized spacial score (nSPS) is 21.9. The van der Waals surface area contributed by atoms with Crippen LogP contribution in [0.3, 0.4) is 0 Å². The fraction of sp³-hybridized carbons (Fsp3) is 0.800. The molecular formula is C15H25N3S. The lowest BCUT2D eigenvalue weighted by atomic mass is 10.0. The first-order chi connectivity index (χ1) is 9.31. The number of anilines is 1. The lowest BCUT2D eigenvalue weighted by Gasteiger charge is -2.23. The summed E-state index contributed by atoms with van der Waals surface area (Å²) in [7, 11) is 0. The van der Waals surface area contributed by atoms with E-state index in [0.29, 0.717) is 6.04 Å². The summed E-state index contributed by atoms with van der Waals surface area (Å²) < 4.78 is 2.37. The Balaban J connectivity index is 1.65. The summed E-state index contributed by atoms with van der Waals surface area (Å²) in [5.74, 6) is 4.63. The van der Waals surface area contributed by atoms with Gasteiger partial charge in [0, 0.05) is 18.8 Å². The van der Waals surface area contributed by atoms with Crippen LogP contribution in [0.4, 0.5) is 5.95 Å². The molecule has 0 radical (unpaired) electrons. The van der Waals surface area contributed by atoms with Crippen LogP contribution in [0.25, 0.3) is 0 Å². The molecule has 0 bridgehead atoms. The van der Waals surface area contributed by atoms with Crippen LogP contribution < -0.4 is 5.32 Å². The molecule has 3 nitrogen and oxygen atoms in total. The van der Waals surface area contributed by atoms with Crippen molar-refractivity contribution >= 4 is 17.7 Å². The predicted octanol–water partition coefficient (Wildman–Crippen LogP) is 3.69. The topological polar surface area (TPSA) is 29.9 Å². The van der Waals surface area contributed by atoms with Crippen LogP contribution in [-0.2, 0) is 6.54 Å². The summed E-state index contributed by atoms with van der Waals surface area (Å²) in [6.07, 6.45) is 10.3. The Morgan fingerprint density at radius 1 is 1.26 bits per heavy atom. The van der Waals surface area contributed by atoms with Crippen LogP contribution in [0, 0.1) is 12.8 Å². The van der Waals surface area contributed by atoms with Crippen molar-refractivity contribution in [2.24, 2.45) is 5.92 Å². The molecule has 19 heavy (non-hydrogen) atoms. The SMILES string of the molecule is Cc1cn(CC2CCSCC2)c(NC2CCCC2)n1. The Hall–Kier alpha value is -0.640. The van der Waals surface area contributed by atoms with Crippen LogP contribution in [-0.4, -0.2) is 27.1 Å². The van der Waals surface area contributed by atoms with Crippen molar-refractivity contribution < 1.29 is 0 Å². The molecule has 2 heterocycles. The van der Waals surface area contributed by atoms with E-state index in [-0.39, 0.29) is 0 Å². The minimum atomic E-state index is 0.655. The third-order valence-electron chi connectivity index (χ3n) is 4.38. The summed E-state index contributed by atoms with van der Waals surface area (Å²) in [5, 5.41) is 3.67. The van der Waals surface area contributed by atoms with Gasteiger partial charge in [0.05, 0.1) is 5.69 Å². The maximum absolute atomic E-state index is 4.69. The number of aromatic nitrogens is 2. The summed E-state index contributed by atoms with van der Waals surface area (Å²) in [6, 6.07) is 0.655. The number of hydrogen-bond donors (Lipinski definition) is 1. The van der Waals surface area contributed by atoms with Crippen molar-refractivity contribution in [3.63, 3.8) is 0 Å². The molecule has 0 amide bonds. The molecule has 1 N–H and O–H groups in total. The van der Waals surface area contributed by atoms with E-state index in [4.69, 9.17) is 0 Å². The van der Waals surface area contributed by atoms with Crippen LogP contribution in [0.1, 0.15) is 44.2 Å². The van der Waals surface area contributed by atoms with Crippen LogP contribution in [0.2, 0.25) is 0 Å². The maximum Gasteiger partial charge on any atom is 0.203 e. The monoisotopic (exact) mass is 279 g/mol. The number of hydrogen-bond acceptors (Lipinski definition) is 3. The maximum atomic E-state index is 4.69. The highest BCUT2D eigenvalue weighted by atomic mass is 32.2. The molecule has 1 aromatic heterocycles. The van der Waals surface area contributed by atoms with Gasteiger partial charge in [0.1, 0.15) is 0 Å². The molecule has 1 aliphatic carbocycles. The Kier molecular flexibility index (Phi) is 4.36. The first kappa shape index (κ1) is 13.3. The van der Waals surface area contributed by atoms with Crippen LogP contribution >= 0.6 is 11.8 Å². The Morgan fingerprint density at radius 2 is 2.00 bits per heavy atom. The number of rotatable bonds is 4. The smallest absolute Gasteiger partial charge is 0.203 e. The van der Waals surface area contributed by atoms with Crippen molar-refractivity contribution in [1.82, 2.24) is 9.55 Å². The molecule has 106 valence electrons. The second kappa shape index (κ2) is 6.21. The quantitative estimate of drug-likeness (QED) is 0.911. The van der Waals surface area contributed by atoms with Crippen LogP contribution in [0.15, 0.2) is 6.20 Å². The standard InChI is InChI=1S/C15H25N3S/c1-12-10-18(11-13-6-8-19-9-7-13)15(16-12)17-14-4-2-3-5-14/h10,13-14H,2-9,11H2,1H3,(H,16,17). The summed E-state index contributed by atoms with van der Waals surface area (Å²) in [6.45, 7) is 3.25. The average Bonchev–Trinajstić information content (AvgIpc) is 3.02. The minimum Gasteiger partial charge on any atom is -0.353 e. The highest BCUT2D eigenvalue weighted by molar-refractivity contribution is 7.99. The first-order valence-corrected chi connectivity index (χ1v) is 8.85. The Morgan fingerprint density at radius 3 is 2.74 bits per heavy atom. The van der Waals surface area contributed by atoms with Crippen LogP contribution in [0.5, 0.6) is 0 Å². The second-order valence-electron chi connectivity index (χ2n) is 6.04.